The van der Waals surface area contributed by atoms with Crippen molar-refractivity contribution in [2.24, 2.45) is 0 Å². The van der Waals surface area contributed by atoms with E-state index in [9.17, 15) is 14.9 Å². The van der Waals surface area contributed by atoms with Crippen LogP contribution in [0.25, 0.3) is 17.2 Å². The zero-order valence-corrected chi connectivity index (χ0v) is 17.7. The van der Waals surface area contributed by atoms with Crippen molar-refractivity contribution in [1.82, 2.24) is 5.32 Å². The number of halogens is 1. The highest BCUT2D eigenvalue weighted by Gasteiger charge is 2.28. The number of nitrogen functional groups attached to an aromatic ring is 1. The van der Waals surface area contributed by atoms with Crippen molar-refractivity contribution in [3.63, 3.8) is 0 Å². The number of nitro benzene ring substituents is 1. The quantitative estimate of drug-likeness (QED) is 0.298. The molecule has 0 atom stereocenters. The molecule has 3 N–H and O–H groups in total. The van der Waals surface area contributed by atoms with Gasteiger partial charge in [0, 0.05) is 29.1 Å². The largest absolute Gasteiger partial charge is 0.449 e. The summed E-state index contributed by atoms with van der Waals surface area (Å²) >= 11 is 5.92. The monoisotopic (exact) mass is 449 g/mol. The predicted molar refractivity (Wildman–Crippen MR) is 125 cm³/mol. The number of rotatable bonds is 6. The number of nitro groups is 1. The highest BCUT2D eigenvalue weighted by atomic mass is 35.5. The molecule has 0 fully saturated rings. The van der Waals surface area contributed by atoms with Gasteiger partial charge in [-0.05, 0) is 28.3 Å². The van der Waals surface area contributed by atoms with Crippen molar-refractivity contribution in [3.8, 4) is 11.1 Å². The summed E-state index contributed by atoms with van der Waals surface area (Å²) in [4.78, 5) is 22.7. The Bertz CT molecular complexity index is 1180. The number of nitrogens with one attached hydrogen (secondary N) is 1. The van der Waals surface area contributed by atoms with E-state index in [1.54, 1.807) is 12.2 Å². The number of anilines is 1. The third-order valence-corrected chi connectivity index (χ3v) is 5.58. The molecule has 162 valence electrons. The van der Waals surface area contributed by atoms with Gasteiger partial charge in [-0.2, -0.15) is 0 Å². The van der Waals surface area contributed by atoms with Crippen LogP contribution >= 0.6 is 11.6 Å². The summed E-state index contributed by atoms with van der Waals surface area (Å²) < 4.78 is 5.47. The van der Waals surface area contributed by atoms with Crippen LogP contribution in [0.4, 0.5) is 16.2 Å². The molecule has 0 bridgehead atoms. The maximum atomic E-state index is 12.2. The van der Waals surface area contributed by atoms with E-state index < -0.39 is 11.0 Å². The highest BCUT2D eigenvalue weighted by Crippen LogP contribution is 2.44. The smallest absolute Gasteiger partial charge is 0.407 e. The molecule has 1 aliphatic rings. The molecule has 0 saturated carbocycles. The van der Waals surface area contributed by atoms with Crippen LogP contribution in [0.3, 0.4) is 0 Å². The Hall–Kier alpha value is -3.84. The van der Waals surface area contributed by atoms with Crippen LogP contribution in [0.2, 0.25) is 5.02 Å². The lowest BCUT2D eigenvalue weighted by molar-refractivity contribution is -0.383. The first-order valence-electron chi connectivity index (χ1n) is 9.94. The van der Waals surface area contributed by atoms with Crippen LogP contribution in [0.15, 0.2) is 66.7 Å². The van der Waals surface area contributed by atoms with E-state index in [0.29, 0.717) is 5.56 Å². The topological polar surface area (TPSA) is 107 Å². The Morgan fingerprint density at radius 3 is 2.38 bits per heavy atom. The van der Waals surface area contributed by atoms with Gasteiger partial charge in [-0.15, -0.1) is 0 Å². The molecular weight excluding hydrogens is 430 g/mol. The molecule has 0 spiro atoms. The van der Waals surface area contributed by atoms with E-state index in [1.165, 1.54) is 12.1 Å². The summed E-state index contributed by atoms with van der Waals surface area (Å²) in [5.74, 6) is -0.0181. The Kier molecular flexibility index (Phi) is 6.09. The summed E-state index contributed by atoms with van der Waals surface area (Å²) in [6.45, 7) is 0.382. The van der Waals surface area contributed by atoms with Gasteiger partial charge in [0.2, 0.25) is 0 Å². The molecule has 1 amide bonds. The van der Waals surface area contributed by atoms with Gasteiger partial charge in [0.25, 0.3) is 5.69 Å². The lowest BCUT2D eigenvalue weighted by Crippen LogP contribution is -2.26. The van der Waals surface area contributed by atoms with Crippen molar-refractivity contribution in [2.75, 3.05) is 18.9 Å². The number of nitrogens with two attached hydrogens (primary N) is 1. The van der Waals surface area contributed by atoms with Crippen LogP contribution in [0.1, 0.15) is 22.6 Å². The van der Waals surface area contributed by atoms with Crippen molar-refractivity contribution in [2.45, 2.75) is 5.92 Å². The first-order valence-corrected chi connectivity index (χ1v) is 10.3. The number of fused-ring (bicyclic) bond motifs is 3. The average molecular weight is 450 g/mol. The Labute approximate surface area is 189 Å². The predicted octanol–water partition coefficient (Wildman–Crippen LogP) is 5.38. The number of hydrogen-bond acceptors (Lipinski definition) is 5. The van der Waals surface area contributed by atoms with Crippen LogP contribution < -0.4 is 11.1 Å². The molecule has 0 aromatic heterocycles. The number of ether oxygens (including phenoxy) is 1. The lowest BCUT2D eigenvalue weighted by Gasteiger charge is -2.14. The van der Waals surface area contributed by atoms with Gasteiger partial charge >= 0.3 is 6.09 Å². The summed E-state index contributed by atoms with van der Waals surface area (Å²) in [5, 5.41) is 13.9. The second-order valence-electron chi connectivity index (χ2n) is 7.29. The van der Waals surface area contributed by atoms with E-state index in [1.807, 2.05) is 24.3 Å². The number of alkyl carbamates (subject to hydrolysis) is 1. The van der Waals surface area contributed by atoms with Gasteiger partial charge in [0.05, 0.1) is 4.92 Å². The molecule has 0 unspecified atom stereocenters. The molecule has 0 saturated heterocycles. The van der Waals surface area contributed by atoms with Crippen LogP contribution in [-0.4, -0.2) is 24.2 Å². The van der Waals surface area contributed by atoms with Crippen molar-refractivity contribution >= 4 is 35.1 Å². The van der Waals surface area contributed by atoms with Gasteiger partial charge in [-0.1, -0.05) is 72.3 Å². The molecule has 4 rings (SSSR count). The fraction of sp³-hybridized carbons (Fsp3) is 0.125. The number of carbonyl (C=O) groups excluding carboxylic acids is 1. The minimum Gasteiger partial charge on any atom is -0.449 e. The van der Waals surface area contributed by atoms with Gasteiger partial charge in [-0.25, -0.2) is 4.79 Å². The number of carbonyl (C=O) groups is 1. The van der Waals surface area contributed by atoms with Crippen molar-refractivity contribution < 1.29 is 14.5 Å². The van der Waals surface area contributed by atoms with Crippen LogP contribution in [0.5, 0.6) is 0 Å². The second kappa shape index (κ2) is 9.11. The third-order valence-electron chi connectivity index (χ3n) is 5.36. The number of benzene rings is 3. The molecule has 32 heavy (non-hydrogen) atoms. The van der Waals surface area contributed by atoms with Gasteiger partial charge in [0.1, 0.15) is 12.3 Å². The first-order chi connectivity index (χ1) is 15.5. The first kappa shape index (κ1) is 21.4. The fourth-order valence-corrected chi connectivity index (χ4v) is 4.11. The number of amides is 1. The van der Waals surface area contributed by atoms with Gasteiger partial charge in [-0.3, -0.25) is 10.1 Å². The molecule has 3 aromatic rings. The maximum absolute atomic E-state index is 12.2. The lowest BCUT2D eigenvalue weighted by atomic mass is 9.98. The Morgan fingerprint density at radius 1 is 1.12 bits per heavy atom. The highest BCUT2D eigenvalue weighted by molar-refractivity contribution is 6.31. The summed E-state index contributed by atoms with van der Waals surface area (Å²) in [6.07, 6.45) is 2.63. The molecule has 1 aliphatic carbocycles. The Balaban J connectivity index is 1.36. The number of hydrogen-bond donors (Lipinski definition) is 2. The van der Waals surface area contributed by atoms with E-state index in [-0.39, 0.29) is 35.5 Å². The second-order valence-corrected chi connectivity index (χ2v) is 7.73. The van der Waals surface area contributed by atoms with Crippen LogP contribution in [-0.2, 0) is 4.74 Å². The minimum absolute atomic E-state index is 0.0109. The van der Waals surface area contributed by atoms with E-state index in [4.69, 9.17) is 22.1 Å². The molecule has 8 heteroatoms. The SMILES string of the molecule is Nc1c(C=CCNC(=O)OCC2c3ccccc3-c3ccccc32)cc(Cl)cc1[N+](=O)[O-]. The summed E-state index contributed by atoms with van der Waals surface area (Å²) in [6, 6.07) is 18.9. The third kappa shape index (κ3) is 4.29. The zero-order chi connectivity index (χ0) is 22.7. The maximum Gasteiger partial charge on any atom is 0.407 e. The molecule has 0 radical (unpaired) electrons. The normalized spacial score (nSPS) is 12.4. The fourth-order valence-electron chi connectivity index (χ4n) is 3.89. The standard InChI is InChI=1S/C24H20ClN3O4/c25-16-12-15(23(26)22(13-16)28(30)31)6-5-11-27-24(29)32-14-21-19-9-3-1-7-17(19)18-8-2-4-10-20(18)21/h1-10,12-13,21H,11,14,26H2,(H,27,29). The molecule has 0 heterocycles. The molecular formula is C24H20ClN3O4. The van der Waals surface area contributed by atoms with Crippen molar-refractivity contribution in [3.05, 3.63) is 98.6 Å². The summed E-state index contributed by atoms with van der Waals surface area (Å²) in [5.41, 5.74) is 10.6. The minimum atomic E-state index is -0.590. The van der Waals surface area contributed by atoms with Crippen LogP contribution in [0, 0.1) is 10.1 Å². The molecule has 0 aliphatic heterocycles. The number of nitrogens with zero attached hydrogens (tertiary/aromatic N) is 1. The molecule has 3 aromatic carbocycles. The van der Waals surface area contributed by atoms with Gasteiger partial charge in [0.15, 0.2) is 0 Å². The van der Waals surface area contributed by atoms with E-state index in [2.05, 4.69) is 29.6 Å². The molecule has 7 nitrogen and oxygen atoms in total. The average Bonchev–Trinajstić information content (AvgIpc) is 3.11. The van der Waals surface area contributed by atoms with E-state index in [0.717, 1.165) is 22.3 Å². The zero-order valence-electron chi connectivity index (χ0n) is 17.0. The van der Waals surface area contributed by atoms with Gasteiger partial charge < -0.3 is 15.8 Å². The summed E-state index contributed by atoms with van der Waals surface area (Å²) in [7, 11) is 0. The van der Waals surface area contributed by atoms with Crippen molar-refractivity contribution in [1.29, 1.82) is 0 Å². The Morgan fingerprint density at radius 2 is 1.75 bits per heavy atom. The van der Waals surface area contributed by atoms with E-state index >= 15 is 0 Å².